The van der Waals surface area contributed by atoms with Crippen molar-refractivity contribution in [3.8, 4) is 11.5 Å². The summed E-state index contributed by atoms with van der Waals surface area (Å²) in [6.45, 7) is -0.112. The molecule has 0 bridgehead atoms. The molecular formula is C26H22F3N5O7S2. The number of nitrogens with zero attached hydrogens (tertiary/aromatic N) is 3. The molecule has 5 rings (SSSR count). The quantitative estimate of drug-likeness (QED) is 0.206. The van der Waals surface area contributed by atoms with Crippen molar-refractivity contribution in [1.29, 1.82) is 0 Å². The number of halogens is 3. The summed E-state index contributed by atoms with van der Waals surface area (Å²) in [6, 6.07) is 10.1. The number of sulfonamides is 2. The predicted molar refractivity (Wildman–Crippen MR) is 146 cm³/mol. The minimum atomic E-state index is -4.36. The zero-order chi connectivity index (χ0) is 30.9. The molecule has 43 heavy (non-hydrogen) atoms. The molecule has 12 nitrogen and oxygen atoms in total. The Balaban J connectivity index is 1.33. The fraction of sp³-hybridized carbons (Fsp3) is 0.154. The summed E-state index contributed by atoms with van der Waals surface area (Å²) in [4.78, 5) is -0.869. The van der Waals surface area contributed by atoms with Crippen LogP contribution in [0.5, 0.6) is 11.5 Å². The van der Waals surface area contributed by atoms with E-state index in [1.807, 2.05) is 0 Å². The van der Waals surface area contributed by atoms with Crippen LogP contribution in [0.2, 0.25) is 0 Å². The number of benzene rings is 3. The Morgan fingerprint density at radius 3 is 2.30 bits per heavy atom. The highest BCUT2D eigenvalue weighted by atomic mass is 32.2. The van der Waals surface area contributed by atoms with E-state index < -0.39 is 42.4 Å². The van der Waals surface area contributed by atoms with Gasteiger partial charge in [-0.3, -0.25) is 9.40 Å². The van der Waals surface area contributed by atoms with E-state index in [0.717, 1.165) is 0 Å². The second kappa shape index (κ2) is 11.6. The Morgan fingerprint density at radius 1 is 0.907 bits per heavy atom. The highest BCUT2D eigenvalue weighted by Gasteiger charge is 2.25. The molecule has 226 valence electrons. The van der Waals surface area contributed by atoms with Crippen LogP contribution in [0.1, 0.15) is 11.1 Å². The van der Waals surface area contributed by atoms with Crippen LogP contribution in [-0.2, 0) is 33.1 Å². The van der Waals surface area contributed by atoms with Crippen molar-refractivity contribution in [2.75, 3.05) is 18.9 Å². The van der Waals surface area contributed by atoms with Gasteiger partial charge in [-0.05, 0) is 42.0 Å². The van der Waals surface area contributed by atoms with Crippen molar-refractivity contribution in [2.24, 2.45) is 0 Å². The van der Waals surface area contributed by atoms with Gasteiger partial charge >= 0.3 is 0 Å². The van der Waals surface area contributed by atoms with Crippen LogP contribution in [0.4, 0.5) is 19.0 Å². The first kappa shape index (κ1) is 29.9. The van der Waals surface area contributed by atoms with Gasteiger partial charge in [0.15, 0.2) is 28.9 Å². The SMILES string of the molecule is COc1ccccc1S(=O)(=O)Nc1noc2cc(Cn3cc(CNS(=O)(=O)c4cc(F)c(F)c(F)c4)cn3)cc(OC)c12. The molecule has 0 fully saturated rings. The van der Waals surface area contributed by atoms with Gasteiger partial charge in [-0.2, -0.15) is 5.10 Å². The first-order chi connectivity index (χ1) is 20.4. The second-order valence-corrected chi connectivity index (χ2v) is 12.4. The van der Waals surface area contributed by atoms with Crippen LogP contribution in [-0.4, -0.2) is 46.0 Å². The van der Waals surface area contributed by atoms with Crippen molar-refractivity contribution < 1.29 is 44.0 Å². The van der Waals surface area contributed by atoms with Crippen LogP contribution < -0.4 is 18.9 Å². The molecule has 0 saturated heterocycles. The maximum Gasteiger partial charge on any atom is 0.266 e. The molecule has 0 spiro atoms. The van der Waals surface area contributed by atoms with Gasteiger partial charge in [-0.15, -0.1) is 0 Å². The molecule has 2 N–H and O–H groups in total. The summed E-state index contributed by atoms with van der Waals surface area (Å²) >= 11 is 0. The summed E-state index contributed by atoms with van der Waals surface area (Å²) < 4.78 is 113. The molecule has 2 heterocycles. The normalized spacial score (nSPS) is 12.0. The lowest BCUT2D eigenvalue weighted by atomic mass is 10.1. The van der Waals surface area contributed by atoms with Crippen molar-refractivity contribution in [2.45, 2.75) is 22.9 Å². The van der Waals surface area contributed by atoms with Crippen LogP contribution in [0.15, 0.2) is 75.2 Å². The Labute approximate surface area is 243 Å². The summed E-state index contributed by atoms with van der Waals surface area (Å²) in [5.74, 6) is -4.74. The fourth-order valence-corrected chi connectivity index (χ4v) is 6.37. The Kier molecular flexibility index (Phi) is 8.04. The molecule has 0 atom stereocenters. The molecule has 0 radical (unpaired) electrons. The van der Waals surface area contributed by atoms with Gasteiger partial charge in [0.25, 0.3) is 10.0 Å². The van der Waals surface area contributed by atoms with Crippen molar-refractivity contribution >= 4 is 36.8 Å². The third kappa shape index (κ3) is 6.13. The van der Waals surface area contributed by atoms with Crippen molar-refractivity contribution in [3.63, 3.8) is 0 Å². The van der Waals surface area contributed by atoms with E-state index in [-0.39, 0.29) is 46.3 Å². The highest BCUT2D eigenvalue weighted by molar-refractivity contribution is 7.92. The Bertz CT molecular complexity index is 2020. The minimum Gasteiger partial charge on any atom is -0.496 e. The smallest absolute Gasteiger partial charge is 0.266 e. The number of anilines is 1. The molecule has 0 amide bonds. The fourth-order valence-electron chi connectivity index (χ4n) is 4.16. The van der Waals surface area contributed by atoms with E-state index in [4.69, 9.17) is 14.0 Å². The number of para-hydroxylation sites is 1. The number of ether oxygens (including phenoxy) is 2. The molecule has 0 saturated carbocycles. The monoisotopic (exact) mass is 637 g/mol. The van der Waals surface area contributed by atoms with Crippen molar-refractivity contribution in [3.05, 3.63) is 89.5 Å². The van der Waals surface area contributed by atoms with Gasteiger partial charge < -0.3 is 14.0 Å². The van der Waals surface area contributed by atoms with E-state index >= 15 is 0 Å². The van der Waals surface area contributed by atoms with E-state index in [0.29, 0.717) is 23.3 Å². The van der Waals surface area contributed by atoms with Crippen LogP contribution in [0.25, 0.3) is 11.0 Å². The number of rotatable bonds is 11. The first-order valence-corrected chi connectivity index (χ1v) is 15.2. The van der Waals surface area contributed by atoms with Gasteiger partial charge in [0.1, 0.15) is 21.8 Å². The predicted octanol–water partition coefficient (Wildman–Crippen LogP) is 3.79. The molecule has 5 aromatic rings. The Morgan fingerprint density at radius 2 is 1.60 bits per heavy atom. The maximum absolute atomic E-state index is 13.5. The van der Waals surface area contributed by atoms with Gasteiger partial charge in [0.05, 0.1) is 31.9 Å². The van der Waals surface area contributed by atoms with Gasteiger partial charge in [-0.25, -0.2) is 34.7 Å². The van der Waals surface area contributed by atoms with Gasteiger partial charge in [-0.1, -0.05) is 17.3 Å². The largest absolute Gasteiger partial charge is 0.496 e. The minimum absolute atomic E-state index is 0.0983. The summed E-state index contributed by atoms with van der Waals surface area (Å²) in [5.41, 5.74) is 1.24. The third-order valence-electron chi connectivity index (χ3n) is 6.17. The van der Waals surface area contributed by atoms with Crippen LogP contribution in [0, 0.1) is 17.5 Å². The molecule has 2 aromatic heterocycles. The molecular weight excluding hydrogens is 615 g/mol. The highest BCUT2D eigenvalue weighted by Crippen LogP contribution is 2.35. The maximum atomic E-state index is 13.5. The summed E-state index contributed by atoms with van der Waals surface area (Å²) in [6.07, 6.45) is 2.90. The molecule has 0 aliphatic rings. The topological polar surface area (TPSA) is 155 Å². The zero-order valence-corrected chi connectivity index (χ0v) is 24.0. The van der Waals surface area contributed by atoms with E-state index in [2.05, 4.69) is 19.7 Å². The number of fused-ring (bicyclic) bond motifs is 1. The van der Waals surface area contributed by atoms with E-state index in [1.165, 1.54) is 43.4 Å². The standard InChI is InChI=1S/C26H22F3N5O7S2/c1-39-20-5-3-4-6-23(20)43(37,38)33-26-24-21(40-2)7-15(8-22(24)41-32-26)13-34-14-16(11-30-34)12-31-42(35,36)17-9-18(27)25(29)19(28)10-17/h3-11,14,31H,12-13H2,1-2H3,(H,32,33). The van der Waals surface area contributed by atoms with Crippen LogP contribution in [0.3, 0.4) is 0 Å². The molecule has 0 aliphatic heterocycles. The van der Waals surface area contributed by atoms with Crippen molar-refractivity contribution in [1.82, 2.24) is 19.7 Å². The lowest BCUT2D eigenvalue weighted by molar-refractivity contribution is 0.403. The molecule has 3 aromatic carbocycles. The number of methoxy groups -OCH3 is 2. The zero-order valence-electron chi connectivity index (χ0n) is 22.3. The lowest BCUT2D eigenvalue weighted by Crippen LogP contribution is -2.23. The van der Waals surface area contributed by atoms with Gasteiger partial charge in [0.2, 0.25) is 10.0 Å². The van der Waals surface area contributed by atoms with Gasteiger partial charge in [0, 0.05) is 18.3 Å². The number of hydrogen-bond donors (Lipinski definition) is 2. The summed E-state index contributed by atoms with van der Waals surface area (Å²) in [7, 11) is -5.73. The third-order valence-corrected chi connectivity index (χ3v) is 8.93. The summed E-state index contributed by atoms with van der Waals surface area (Å²) in [5, 5.41) is 8.33. The second-order valence-electron chi connectivity index (χ2n) is 9.03. The molecule has 0 unspecified atom stereocenters. The number of hydrogen-bond acceptors (Lipinski definition) is 9. The van der Waals surface area contributed by atoms with E-state index in [1.54, 1.807) is 24.3 Å². The Hall–Kier alpha value is -4.61. The lowest BCUT2D eigenvalue weighted by Gasteiger charge is -2.11. The number of aromatic nitrogens is 3. The average Bonchev–Trinajstić information content (AvgIpc) is 3.60. The first-order valence-electron chi connectivity index (χ1n) is 12.2. The number of nitrogens with one attached hydrogen (secondary N) is 2. The van der Waals surface area contributed by atoms with Crippen LogP contribution >= 0.6 is 0 Å². The average molecular weight is 638 g/mol. The molecule has 0 aliphatic carbocycles. The van der Waals surface area contributed by atoms with E-state index in [9.17, 15) is 30.0 Å². The molecule has 17 heteroatoms.